The molecule has 1 atom stereocenters. The van der Waals surface area contributed by atoms with Gasteiger partial charge in [-0.3, -0.25) is 9.59 Å². The van der Waals surface area contributed by atoms with Crippen molar-refractivity contribution in [1.29, 1.82) is 0 Å². The van der Waals surface area contributed by atoms with Gasteiger partial charge in [0.2, 0.25) is 0 Å². The number of ether oxygens (including phenoxy) is 1. The molecule has 110 valence electrons. The van der Waals surface area contributed by atoms with Crippen LogP contribution in [0, 0.1) is 11.6 Å². The highest BCUT2D eigenvalue weighted by Gasteiger charge is 2.15. The summed E-state index contributed by atoms with van der Waals surface area (Å²) in [5.74, 6) is -3.49. The van der Waals surface area contributed by atoms with Crippen LogP contribution in [0.25, 0.3) is 0 Å². The number of hydrogen-bond acceptors (Lipinski definition) is 3. The molecule has 0 aliphatic heterocycles. The summed E-state index contributed by atoms with van der Waals surface area (Å²) in [5, 5.41) is 11.1. The molecule has 1 unspecified atom stereocenters. The Kier molecular flexibility index (Phi) is 5.89. The summed E-state index contributed by atoms with van der Waals surface area (Å²) >= 11 is 0. The van der Waals surface area contributed by atoms with Crippen molar-refractivity contribution in [3.8, 4) is 5.75 Å². The molecule has 0 heterocycles. The molecule has 0 bridgehead atoms. The topological polar surface area (TPSA) is 75.6 Å². The Morgan fingerprint density at radius 1 is 1.40 bits per heavy atom. The molecule has 0 radical (unpaired) electrons. The lowest BCUT2D eigenvalue weighted by atomic mass is 10.1. The van der Waals surface area contributed by atoms with Crippen LogP contribution in [0.5, 0.6) is 5.75 Å². The van der Waals surface area contributed by atoms with E-state index in [2.05, 4.69) is 5.32 Å². The van der Waals surface area contributed by atoms with Gasteiger partial charge in [-0.2, -0.15) is 0 Å². The molecule has 1 amide bonds. The number of halogens is 2. The molecule has 1 aromatic carbocycles. The van der Waals surface area contributed by atoms with Crippen LogP contribution in [0.3, 0.4) is 0 Å². The number of carbonyl (C=O) groups is 2. The zero-order valence-electron chi connectivity index (χ0n) is 10.9. The first-order valence-corrected chi connectivity index (χ1v) is 6.01. The van der Waals surface area contributed by atoms with E-state index in [0.717, 1.165) is 12.1 Å². The van der Waals surface area contributed by atoms with Crippen LogP contribution in [0.2, 0.25) is 0 Å². The molecule has 1 aromatic rings. The van der Waals surface area contributed by atoms with Crippen LogP contribution < -0.4 is 10.1 Å². The number of carbonyl (C=O) groups excluding carboxylic acids is 1. The van der Waals surface area contributed by atoms with Crippen molar-refractivity contribution in [3.05, 3.63) is 29.8 Å². The fourth-order valence-electron chi connectivity index (χ4n) is 1.51. The molecule has 1 rings (SSSR count). The van der Waals surface area contributed by atoms with E-state index in [1.54, 1.807) is 6.92 Å². The van der Waals surface area contributed by atoms with Gasteiger partial charge < -0.3 is 15.2 Å². The highest BCUT2D eigenvalue weighted by atomic mass is 19.1. The van der Waals surface area contributed by atoms with Crippen LogP contribution in [0.4, 0.5) is 8.78 Å². The summed E-state index contributed by atoms with van der Waals surface area (Å²) in [6.07, 6.45) is 0.246. The number of carboxylic acid groups (broad SMARTS) is 1. The van der Waals surface area contributed by atoms with E-state index in [-0.39, 0.29) is 12.2 Å². The first-order valence-electron chi connectivity index (χ1n) is 6.01. The van der Waals surface area contributed by atoms with Gasteiger partial charge in [0.1, 0.15) is 5.82 Å². The number of hydrogen-bond donors (Lipinski definition) is 2. The van der Waals surface area contributed by atoms with Gasteiger partial charge >= 0.3 is 5.97 Å². The minimum absolute atomic E-state index is 0.201. The lowest BCUT2D eigenvalue weighted by Gasteiger charge is -2.15. The van der Waals surface area contributed by atoms with Gasteiger partial charge in [0, 0.05) is 12.1 Å². The van der Waals surface area contributed by atoms with Gasteiger partial charge in [0.05, 0.1) is 6.42 Å². The van der Waals surface area contributed by atoms with E-state index in [9.17, 15) is 18.4 Å². The summed E-state index contributed by atoms with van der Waals surface area (Å²) in [6, 6.07) is 2.22. The zero-order valence-corrected chi connectivity index (χ0v) is 10.9. The monoisotopic (exact) mass is 287 g/mol. The lowest BCUT2D eigenvalue weighted by molar-refractivity contribution is -0.137. The zero-order chi connectivity index (χ0) is 15.1. The van der Waals surface area contributed by atoms with Crippen LogP contribution >= 0.6 is 0 Å². The summed E-state index contributed by atoms with van der Waals surface area (Å²) in [4.78, 5) is 22.1. The molecule has 2 N–H and O–H groups in total. The Morgan fingerprint density at radius 2 is 2.10 bits per heavy atom. The standard InChI is InChI=1S/C13H15F2NO4/c1-2-9(6-13(18)19)16-12(17)7-20-11-4-3-8(14)5-10(11)15/h3-5,9H,2,6-7H2,1H3,(H,16,17)(H,18,19). The molecule has 0 saturated heterocycles. The normalized spacial score (nSPS) is 11.8. The second-order valence-corrected chi connectivity index (χ2v) is 4.13. The molecular weight excluding hydrogens is 272 g/mol. The van der Waals surface area contributed by atoms with Crippen LogP contribution in [0.1, 0.15) is 19.8 Å². The number of aliphatic carboxylic acids is 1. The largest absolute Gasteiger partial charge is 0.481 e. The van der Waals surface area contributed by atoms with Crippen molar-refractivity contribution in [2.75, 3.05) is 6.61 Å². The molecule has 0 fully saturated rings. The number of nitrogens with one attached hydrogen (secondary N) is 1. The first kappa shape index (κ1) is 15.9. The Morgan fingerprint density at radius 3 is 2.65 bits per heavy atom. The van der Waals surface area contributed by atoms with E-state index in [0.29, 0.717) is 12.5 Å². The molecule has 7 heteroatoms. The van der Waals surface area contributed by atoms with Crippen molar-refractivity contribution in [2.45, 2.75) is 25.8 Å². The number of rotatable bonds is 7. The maximum absolute atomic E-state index is 13.2. The third kappa shape index (κ3) is 5.21. The van der Waals surface area contributed by atoms with E-state index in [1.807, 2.05) is 0 Å². The quantitative estimate of drug-likeness (QED) is 0.800. The molecule has 0 spiro atoms. The number of carboxylic acids is 1. The fraction of sp³-hybridized carbons (Fsp3) is 0.385. The van der Waals surface area contributed by atoms with E-state index in [4.69, 9.17) is 9.84 Å². The van der Waals surface area contributed by atoms with Crippen LogP contribution in [-0.2, 0) is 9.59 Å². The predicted molar refractivity (Wildman–Crippen MR) is 66.3 cm³/mol. The Labute approximate surface area is 114 Å². The van der Waals surface area contributed by atoms with Crippen molar-refractivity contribution in [2.24, 2.45) is 0 Å². The number of amides is 1. The Balaban J connectivity index is 2.48. The van der Waals surface area contributed by atoms with Crippen LogP contribution in [0.15, 0.2) is 18.2 Å². The highest BCUT2D eigenvalue weighted by molar-refractivity contribution is 5.78. The van der Waals surface area contributed by atoms with Gasteiger partial charge in [-0.05, 0) is 18.6 Å². The summed E-state index contributed by atoms with van der Waals surface area (Å²) in [5.41, 5.74) is 0. The number of benzene rings is 1. The maximum atomic E-state index is 13.2. The molecular formula is C13H15F2NO4. The van der Waals surface area contributed by atoms with Crippen molar-refractivity contribution < 1.29 is 28.2 Å². The fourth-order valence-corrected chi connectivity index (χ4v) is 1.51. The highest BCUT2D eigenvalue weighted by Crippen LogP contribution is 2.17. The van der Waals surface area contributed by atoms with Gasteiger partial charge in [-0.25, -0.2) is 8.78 Å². The Hall–Kier alpha value is -2.18. The Bertz CT molecular complexity index is 493. The average molecular weight is 287 g/mol. The van der Waals surface area contributed by atoms with Gasteiger partial charge in [0.25, 0.3) is 5.91 Å². The minimum atomic E-state index is -1.03. The maximum Gasteiger partial charge on any atom is 0.305 e. The van der Waals surface area contributed by atoms with E-state index < -0.39 is 36.2 Å². The second kappa shape index (κ2) is 7.42. The molecule has 0 aromatic heterocycles. The predicted octanol–water partition coefficient (Wildman–Crippen LogP) is 1.71. The van der Waals surface area contributed by atoms with Crippen molar-refractivity contribution >= 4 is 11.9 Å². The van der Waals surface area contributed by atoms with Crippen molar-refractivity contribution in [3.63, 3.8) is 0 Å². The lowest BCUT2D eigenvalue weighted by Crippen LogP contribution is -2.38. The summed E-state index contributed by atoms with van der Waals surface area (Å²) in [7, 11) is 0. The molecule has 0 saturated carbocycles. The first-order chi connectivity index (χ1) is 9.42. The SMILES string of the molecule is CCC(CC(=O)O)NC(=O)COc1ccc(F)cc1F. The third-order valence-electron chi connectivity index (χ3n) is 2.53. The average Bonchev–Trinajstić information content (AvgIpc) is 2.36. The van der Waals surface area contributed by atoms with E-state index in [1.165, 1.54) is 0 Å². The molecule has 5 nitrogen and oxygen atoms in total. The van der Waals surface area contributed by atoms with E-state index >= 15 is 0 Å². The second-order valence-electron chi connectivity index (χ2n) is 4.13. The summed E-state index contributed by atoms with van der Waals surface area (Å²) < 4.78 is 30.8. The summed E-state index contributed by atoms with van der Waals surface area (Å²) in [6.45, 7) is 1.26. The third-order valence-corrected chi connectivity index (χ3v) is 2.53. The smallest absolute Gasteiger partial charge is 0.305 e. The van der Waals surface area contributed by atoms with Gasteiger partial charge in [-0.1, -0.05) is 6.92 Å². The van der Waals surface area contributed by atoms with Crippen LogP contribution in [-0.4, -0.2) is 29.6 Å². The molecule has 20 heavy (non-hydrogen) atoms. The minimum Gasteiger partial charge on any atom is -0.481 e. The van der Waals surface area contributed by atoms with Crippen molar-refractivity contribution in [1.82, 2.24) is 5.32 Å². The van der Waals surface area contributed by atoms with Gasteiger partial charge in [0.15, 0.2) is 18.2 Å². The molecule has 0 aliphatic rings. The molecule has 0 aliphatic carbocycles. The van der Waals surface area contributed by atoms with Gasteiger partial charge in [-0.15, -0.1) is 0 Å².